The van der Waals surface area contributed by atoms with Crippen LogP contribution >= 0.6 is 0 Å². The van der Waals surface area contributed by atoms with Crippen LogP contribution in [-0.2, 0) is 32.1 Å². The normalized spacial score (nSPS) is 22.9. The lowest BCUT2D eigenvalue weighted by Crippen LogP contribution is -2.41. The van der Waals surface area contributed by atoms with Crippen molar-refractivity contribution < 1.29 is 19.1 Å². The van der Waals surface area contributed by atoms with Crippen molar-refractivity contribution in [2.24, 2.45) is 5.92 Å². The minimum Gasteiger partial charge on any atom is -0.489 e. The summed E-state index contributed by atoms with van der Waals surface area (Å²) in [5.41, 5.74) is 4.96. The number of esters is 1. The third-order valence-electron chi connectivity index (χ3n) is 6.78. The van der Waals surface area contributed by atoms with Gasteiger partial charge in [0.1, 0.15) is 19.0 Å². The average Bonchev–Trinajstić information content (AvgIpc) is 3.31. The summed E-state index contributed by atoms with van der Waals surface area (Å²) < 4.78 is 10.6. The van der Waals surface area contributed by atoms with Crippen molar-refractivity contribution in [2.75, 3.05) is 19.7 Å². The highest BCUT2D eigenvalue weighted by Crippen LogP contribution is 2.30. The first-order valence-corrected chi connectivity index (χ1v) is 11.3. The zero-order chi connectivity index (χ0) is 22.0. The molecule has 3 aliphatic rings. The molecule has 31 heavy (non-hydrogen) atoms. The summed E-state index contributed by atoms with van der Waals surface area (Å²) in [6, 6.07) is 6.94. The van der Waals surface area contributed by atoms with Crippen molar-refractivity contribution >= 4 is 17.6 Å². The smallest absolute Gasteiger partial charge is 0.336 e. The predicted molar refractivity (Wildman–Crippen MR) is 119 cm³/mol. The van der Waals surface area contributed by atoms with E-state index in [4.69, 9.17) is 9.47 Å². The Kier molecular flexibility index (Phi) is 6.46. The Labute approximate surface area is 184 Å². The number of ether oxygens (including phenoxy) is 2. The number of hydrogen-bond acceptors (Lipinski definition) is 5. The van der Waals surface area contributed by atoms with Gasteiger partial charge in [-0.25, -0.2) is 4.79 Å². The van der Waals surface area contributed by atoms with Crippen molar-refractivity contribution in [2.45, 2.75) is 58.6 Å². The maximum atomic E-state index is 13.1. The van der Waals surface area contributed by atoms with Crippen molar-refractivity contribution in [3.8, 4) is 0 Å². The number of likely N-dealkylation sites (N-methyl/N-ethyl adjacent to an activating group) is 1. The molecule has 6 heteroatoms. The van der Waals surface area contributed by atoms with Gasteiger partial charge in [-0.05, 0) is 58.1 Å². The van der Waals surface area contributed by atoms with Crippen LogP contribution < -0.4 is 5.32 Å². The van der Waals surface area contributed by atoms with Crippen LogP contribution in [0.25, 0.3) is 5.76 Å². The van der Waals surface area contributed by atoms with Crippen molar-refractivity contribution in [3.63, 3.8) is 0 Å². The standard InChI is InChI=1S/C25H32N2O4/c1-4-27(23-15-31-25(29)16(23)2)24(28)19-6-8-21(9-7-19)26-12-11-18-5-10-22-17(3)30-14-20(22)13-18/h5,10,13,19,21,26H,3-4,6-9,11-12,14-15H2,1-2H3. The molecule has 0 spiro atoms. The first-order valence-electron chi connectivity index (χ1n) is 11.3. The molecule has 1 aliphatic carbocycles. The third-order valence-corrected chi connectivity index (χ3v) is 6.78. The van der Waals surface area contributed by atoms with Crippen molar-refractivity contribution in [1.82, 2.24) is 10.2 Å². The van der Waals surface area contributed by atoms with Crippen LogP contribution in [0.4, 0.5) is 0 Å². The van der Waals surface area contributed by atoms with Crippen LogP contribution in [0.2, 0.25) is 0 Å². The molecule has 1 aromatic rings. The summed E-state index contributed by atoms with van der Waals surface area (Å²) in [4.78, 5) is 26.5. The van der Waals surface area contributed by atoms with E-state index in [1.165, 1.54) is 11.1 Å². The number of amides is 1. The molecule has 4 rings (SSSR count). The molecule has 0 unspecified atom stereocenters. The number of rotatable bonds is 7. The van der Waals surface area contributed by atoms with Gasteiger partial charge in [-0.15, -0.1) is 0 Å². The second-order valence-electron chi connectivity index (χ2n) is 8.69. The molecule has 0 radical (unpaired) electrons. The first kappa shape index (κ1) is 21.6. The number of nitrogens with one attached hydrogen (secondary N) is 1. The van der Waals surface area contributed by atoms with E-state index < -0.39 is 0 Å². The third kappa shape index (κ3) is 4.54. The Bertz CT molecular complexity index is 912. The molecule has 2 aliphatic heterocycles. The number of hydrogen-bond donors (Lipinski definition) is 1. The molecular formula is C25H32N2O4. The Balaban J connectivity index is 1.24. The van der Waals surface area contributed by atoms with E-state index in [2.05, 4.69) is 30.1 Å². The predicted octanol–water partition coefficient (Wildman–Crippen LogP) is 3.56. The molecule has 0 saturated heterocycles. The summed E-state index contributed by atoms with van der Waals surface area (Å²) >= 11 is 0. The van der Waals surface area contributed by atoms with Gasteiger partial charge < -0.3 is 19.7 Å². The van der Waals surface area contributed by atoms with Gasteiger partial charge in [0, 0.05) is 29.6 Å². The minimum atomic E-state index is -0.310. The van der Waals surface area contributed by atoms with Gasteiger partial charge in [-0.3, -0.25) is 4.79 Å². The molecule has 6 nitrogen and oxygen atoms in total. The molecule has 0 aromatic heterocycles. The van der Waals surface area contributed by atoms with Crippen molar-refractivity contribution in [3.05, 3.63) is 52.7 Å². The van der Waals surface area contributed by atoms with E-state index in [0.29, 0.717) is 24.8 Å². The number of carbonyl (C=O) groups excluding carboxylic acids is 2. The molecule has 0 bridgehead atoms. The molecule has 1 amide bonds. The molecule has 1 fully saturated rings. The Hall–Kier alpha value is -2.60. The molecular weight excluding hydrogens is 392 g/mol. The van der Waals surface area contributed by atoms with Crippen LogP contribution in [0.15, 0.2) is 36.0 Å². The monoisotopic (exact) mass is 424 g/mol. The molecule has 1 N–H and O–H groups in total. The second kappa shape index (κ2) is 9.27. The van der Waals surface area contributed by atoms with Gasteiger partial charge in [0.05, 0.1) is 11.3 Å². The molecule has 1 saturated carbocycles. The lowest BCUT2D eigenvalue weighted by Gasteiger charge is -2.32. The summed E-state index contributed by atoms with van der Waals surface area (Å²) in [6.07, 6.45) is 4.74. The van der Waals surface area contributed by atoms with E-state index in [-0.39, 0.29) is 24.4 Å². The van der Waals surface area contributed by atoms with Gasteiger partial charge >= 0.3 is 5.97 Å². The average molecular weight is 425 g/mol. The summed E-state index contributed by atoms with van der Waals surface area (Å²) in [5, 5.41) is 3.67. The van der Waals surface area contributed by atoms with Crippen LogP contribution in [0.5, 0.6) is 0 Å². The molecule has 2 heterocycles. The summed E-state index contributed by atoms with van der Waals surface area (Å²) in [5.74, 6) is 0.621. The maximum absolute atomic E-state index is 13.1. The minimum absolute atomic E-state index is 0.0267. The maximum Gasteiger partial charge on any atom is 0.336 e. The van der Waals surface area contributed by atoms with Crippen molar-refractivity contribution in [1.29, 1.82) is 0 Å². The second-order valence-corrected chi connectivity index (χ2v) is 8.69. The summed E-state index contributed by atoms with van der Waals surface area (Å²) in [6.45, 7) is 9.95. The van der Waals surface area contributed by atoms with Gasteiger partial charge in [0.2, 0.25) is 5.91 Å². The van der Waals surface area contributed by atoms with E-state index in [9.17, 15) is 9.59 Å². The van der Waals surface area contributed by atoms with Crippen LogP contribution in [0.3, 0.4) is 0 Å². The highest BCUT2D eigenvalue weighted by Gasteiger charge is 2.33. The fourth-order valence-corrected chi connectivity index (χ4v) is 4.85. The van der Waals surface area contributed by atoms with E-state index in [1.807, 2.05) is 6.92 Å². The van der Waals surface area contributed by atoms with Crippen LogP contribution in [0, 0.1) is 5.92 Å². The zero-order valence-corrected chi connectivity index (χ0v) is 18.5. The first-order chi connectivity index (χ1) is 15.0. The zero-order valence-electron chi connectivity index (χ0n) is 18.5. The SMILES string of the molecule is C=C1OCc2cc(CCNC3CCC(C(=O)N(CC)C4=C(C)C(=O)OC4)CC3)ccc21. The van der Waals surface area contributed by atoms with Gasteiger partial charge in [-0.1, -0.05) is 24.8 Å². The largest absolute Gasteiger partial charge is 0.489 e. The highest BCUT2D eigenvalue weighted by atomic mass is 16.5. The Morgan fingerprint density at radius 2 is 1.97 bits per heavy atom. The number of carbonyl (C=O) groups is 2. The number of fused-ring (bicyclic) bond motifs is 1. The Morgan fingerprint density at radius 3 is 2.65 bits per heavy atom. The molecule has 0 atom stereocenters. The number of cyclic esters (lactones) is 1. The quantitative estimate of drug-likeness (QED) is 0.678. The highest BCUT2D eigenvalue weighted by molar-refractivity contribution is 5.92. The lowest BCUT2D eigenvalue weighted by molar-refractivity contribution is -0.137. The van der Waals surface area contributed by atoms with Gasteiger partial charge in [-0.2, -0.15) is 0 Å². The number of nitrogens with zero attached hydrogens (tertiary/aromatic N) is 1. The van der Waals surface area contributed by atoms with Gasteiger partial charge in [0.15, 0.2) is 0 Å². The van der Waals surface area contributed by atoms with E-state index in [1.54, 1.807) is 11.8 Å². The molecule has 166 valence electrons. The summed E-state index contributed by atoms with van der Waals surface area (Å²) in [7, 11) is 0. The van der Waals surface area contributed by atoms with E-state index >= 15 is 0 Å². The van der Waals surface area contributed by atoms with Crippen LogP contribution in [0.1, 0.15) is 56.2 Å². The fourth-order valence-electron chi connectivity index (χ4n) is 4.85. The topological polar surface area (TPSA) is 67.9 Å². The fraction of sp³-hybridized carbons (Fsp3) is 0.520. The van der Waals surface area contributed by atoms with Gasteiger partial charge in [0.25, 0.3) is 0 Å². The van der Waals surface area contributed by atoms with Crippen LogP contribution in [-0.4, -0.2) is 42.5 Å². The molecule has 1 aromatic carbocycles. The lowest BCUT2D eigenvalue weighted by atomic mass is 9.85. The number of benzene rings is 1. The van der Waals surface area contributed by atoms with E-state index in [0.717, 1.165) is 55.7 Å². The Morgan fingerprint density at radius 1 is 1.19 bits per heavy atom.